The summed E-state index contributed by atoms with van der Waals surface area (Å²) in [5, 5.41) is 2.47. The lowest BCUT2D eigenvalue weighted by Gasteiger charge is -2.10. The lowest BCUT2D eigenvalue weighted by atomic mass is 10.0. The summed E-state index contributed by atoms with van der Waals surface area (Å²) in [7, 11) is 1.70. The van der Waals surface area contributed by atoms with Crippen LogP contribution in [0.25, 0.3) is 10.8 Å². The summed E-state index contributed by atoms with van der Waals surface area (Å²) >= 11 is 5.81. The standard InChI is InChI=1S/C13H13ClO/c1-15-13-7-6-10-4-2-3-5-11(10)12(13)8-9-14/h2-7H,8-9H2,1H3. The van der Waals surface area contributed by atoms with Gasteiger partial charge in [0.1, 0.15) is 5.75 Å². The van der Waals surface area contributed by atoms with Crippen LogP contribution in [0.5, 0.6) is 5.75 Å². The Labute approximate surface area is 94.6 Å². The van der Waals surface area contributed by atoms with Gasteiger partial charge in [0.05, 0.1) is 7.11 Å². The summed E-state index contributed by atoms with van der Waals surface area (Å²) in [4.78, 5) is 0. The Morgan fingerprint density at radius 3 is 2.67 bits per heavy atom. The van der Waals surface area contributed by atoms with Gasteiger partial charge in [0.25, 0.3) is 0 Å². The maximum absolute atomic E-state index is 5.81. The zero-order chi connectivity index (χ0) is 10.7. The summed E-state index contributed by atoms with van der Waals surface area (Å²) in [6, 6.07) is 12.4. The minimum atomic E-state index is 0.615. The second-order valence-corrected chi connectivity index (χ2v) is 3.78. The van der Waals surface area contributed by atoms with Crippen LogP contribution in [-0.2, 0) is 6.42 Å². The van der Waals surface area contributed by atoms with Crippen molar-refractivity contribution in [3.8, 4) is 5.75 Å². The highest BCUT2D eigenvalue weighted by atomic mass is 35.5. The molecule has 2 heteroatoms. The van der Waals surface area contributed by atoms with Crippen molar-refractivity contribution in [3.63, 3.8) is 0 Å². The zero-order valence-corrected chi connectivity index (χ0v) is 9.42. The van der Waals surface area contributed by atoms with Gasteiger partial charge in [-0.2, -0.15) is 0 Å². The second kappa shape index (κ2) is 4.54. The van der Waals surface area contributed by atoms with Gasteiger partial charge in [-0.05, 0) is 23.3 Å². The van der Waals surface area contributed by atoms with E-state index in [9.17, 15) is 0 Å². The summed E-state index contributed by atoms with van der Waals surface area (Å²) < 4.78 is 5.35. The van der Waals surface area contributed by atoms with Crippen molar-refractivity contribution < 1.29 is 4.74 Å². The first-order valence-electron chi connectivity index (χ1n) is 4.97. The molecule has 0 N–H and O–H groups in total. The molecule has 78 valence electrons. The molecule has 0 fully saturated rings. The number of rotatable bonds is 3. The monoisotopic (exact) mass is 220 g/mol. The van der Waals surface area contributed by atoms with Crippen LogP contribution in [0.1, 0.15) is 5.56 Å². The van der Waals surface area contributed by atoms with Gasteiger partial charge in [-0.25, -0.2) is 0 Å². The highest BCUT2D eigenvalue weighted by Crippen LogP contribution is 2.28. The molecule has 0 spiro atoms. The van der Waals surface area contributed by atoms with Gasteiger partial charge >= 0.3 is 0 Å². The second-order valence-electron chi connectivity index (χ2n) is 3.41. The number of alkyl halides is 1. The van der Waals surface area contributed by atoms with Crippen LogP contribution < -0.4 is 4.74 Å². The van der Waals surface area contributed by atoms with Crippen molar-refractivity contribution in [2.45, 2.75) is 6.42 Å². The van der Waals surface area contributed by atoms with Gasteiger partial charge in [-0.1, -0.05) is 30.3 Å². The number of benzene rings is 2. The Kier molecular flexibility index (Phi) is 3.12. The van der Waals surface area contributed by atoms with Gasteiger partial charge in [0, 0.05) is 11.4 Å². The highest BCUT2D eigenvalue weighted by Gasteiger charge is 2.06. The minimum Gasteiger partial charge on any atom is -0.496 e. The number of fused-ring (bicyclic) bond motifs is 1. The molecule has 2 rings (SSSR count). The third-order valence-electron chi connectivity index (χ3n) is 2.56. The number of aryl methyl sites for hydroxylation is 1. The van der Waals surface area contributed by atoms with E-state index in [-0.39, 0.29) is 0 Å². The summed E-state index contributed by atoms with van der Waals surface area (Å²) in [5.41, 5.74) is 1.20. The molecule has 0 bridgehead atoms. The predicted molar refractivity (Wildman–Crippen MR) is 64.9 cm³/mol. The first-order valence-corrected chi connectivity index (χ1v) is 5.51. The van der Waals surface area contributed by atoms with Crippen LogP contribution in [-0.4, -0.2) is 13.0 Å². The van der Waals surface area contributed by atoms with Crippen LogP contribution in [0, 0.1) is 0 Å². The molecule has 0 aliphatic heterocycles. The Morgan fingerprint density at radius 1 is 1.13 bits per heavy atom. The SMILES string of the molecule is COc1ccc2ccccc2c1CCCl. The molecule has 0 aliphatic carbocycles. The Bertz CT molecular complexity index is 465. The van der Waals surface area contributed by atoms with E-state index in [1.165, 1.54) is 16.3 Å². The summed E-state index contributed by atoms with van der Waals surface area (Å²) in [5.74, 6) is 1.54. The van der Waals surface area contributed by atoms with Crippen LogP contribution in [0.4, 0.5) is 0 Å². The lowest BCUT2D eigenvalue weighted by Crippen LogP contribution is -1.94. The molecule has 0 aliphatic rings. The molecule has 0 atom stereocenters. The average molecular weight is 221 g/mol. The number of halogens is 1. The average Bonchev–Trinajstić information content (AvgIpc) is 2.30. The maximum Gasteiger partial charge on any atom is 0.122 e. The van der Waals surface area contributed by atoms with Gasteiger partial charge in [-0.3, -0.25) is 0 Å². The number of hydrogen-bond donors (Lipinski definition) is 0. The third kappa shape index (κ3) is 1.93. The molecule has 0 saturated heterocycles. The molecule has 0 amide bonds. The van der Waals surface area contributed by atoms with E-state index in [2.05, 4.69) is 18.2 Å². The Morgan fingerprint density at radius 2 is 1.93 bits per heavy atom. The molecule has 2 aromatic carbocycles. The van der Waals surface area contributed by atoms with E-state index in [1.54, 1.807) is 7.11 Å². The van der Waals surface area contributed by atoms with E-state index in [4.69, 9.17) is 16.3 Å². The quantitative estimate of drug-likeness (QED) is 0.718. The first-order chi connectivity index (χ1) is 7.36. The summed E-state index contributed by atoms with van der Waals surface area (Å²) in [6.45, 7) is 0. The topological polar surface area (TPSA) is 9.23 Å². The Balaban J connectivity index is 2.67. The smallest absolute Gasteiger partial charge is 0.122 e. The van der Waals surface area contributed by atoms with E-state index >= 15 is 0 Å². The Hall–Kier alpha value is -1.21. The molecular formula is C13H13ClO. The molecule has 1 nitrogen and oxygen atoms in total. The van der Waals surface area contributed by atoms with Gasteiger partial charge in [0.15, 0.2) is 0 Å². The molecule has 2 aromatic rings. The number of methoxy groups -OCH3 is 1. The fraction of sp³-hybridized carbons (Fsp3) is 0.231. The van der Waals surface area contributed by atoms with Gasteiger partial charge in [-0.15, -0.1) is 11.6 Å². The molecular weight excluding hydrogens is 208 g/mol. The van der Waals surface area contributed by atoms with Crippen molar-refractivity contribution in [1.29, 1.82) is 0 Å². The lowest BCUT2D eigenvalue weighted by molar-refractivity contribution is 0.411. The van der Waals surface area contributed by atoms with Crippen molar-refractivity contribution in [1.82, 2.24) is 0 Å². The summed E-state index contributed by atoms with van der Waals surface area (Å²) in [6.07, 6.45) is 0.839. The highest BCUT2D eigenvalue weighted by molar-refractivity contribution is 6.18. The van der Waals surface area contributed by atoms with E-state index in [1.807, 2.05) is 18.2 Å². The zero-order valence-electron chi connectivity index (χ0n) is 8.66. The molecule has 0 saturated carbocycles. The van der Waals surface area contributed by atoms with Crippen molar-refractivity contribution in [3.05, 3.63) is 42.0 Å². The molecule has 0 aromatic heterocycles. The fourth-order valence-corrected chi connectivity index (χ4v) is 2.05. The maximum atomic E-state index is 5.81. The number of ether oxygens (including phenoxy) is 1. The largest absolute Gasteiger partial charge is 0.496 e. The molecule has 15 heavy (non-hydrogen) atoms. The van der Waals surface area contributed by atoms with Crippen molar-refractivity contribution >= 4 is 22.4 Å². The minimum absolute atomic E-state index is 0.615. The molecule has 0 heterocycles. The van der Waals surface area contributed by atoms with Gasteiger partial charge in [0.2, 0.25) is 0 Å². The normalized spacial score (nSPS) is 10.5. The van der Waals surface area contributed by atoms with E-state index < -0.39 is 0 Å². The first kappa shape index (κ1) is 10.3. The number of hydrogen-bond acceptors (Lipinski definition) is 1. The van der Waals surface area contributed by atoms with Crippen LogP contribution in [0.15, 0.2) is 36.4 Å². The van der Waals surface area contributed by atoms with E-state index in [0.29, 0.717) is 5.88 Å². The van der Waals surface area contributed by atoms with Crippen LogP contribution in [0.3, 0.4) is 0 Å². The molecule has 0 radical (unpaired) electrons. The third-order valence-corrected chi connectivity index (χ3v) is 2.75. The molecule has 0 unspecified atom stereocenters. The van der Waals surface area contributed by atoms with Gasteiger partial charge < -0.3 is 4.74 Å². The van der Waals surface area contributed by atoms with Crippen molar-refractivity contribution in [2.75, 3.05) is 13.0 Å². The fourth-order valence-electron chi connectivity index (χ4n) is 1.86. The predicted octanol–water partition coefficient (Wildman–Crippen LogP) is 3.63. The van der Waals surface area contributed by atoms with Crippen LogP contribution in [0.2, 0.25) is 0 Å². The van der Waals surface area contributed by atoms with Crippen LogP contribution >= 0.6 is 11.6 Å². The van der Waals surface area contributed by atoms with Crippen molar-refractivity contribution in [2.24, 2.45) is 0 Å². The van der Waals surface area contributed by atoms with E-state index in [0.717, 1.165) is 12.2 Å².